The molecule has 2 aromatic rings. The van der Waals surface area contributed by atoms with Crippen molar-refractivity contribution in [2.24, 2.45) is 11.8 Å². The van der Waals surface area contributed by atoms with Gasteiger partial charge in [0.2, 0.25) is 5.91 Å². The van der Waals surface area contributed by atoms with Gasteiger partial charge in [-0.3, -0.25) is 9.80 Å². The first-order valence-electron chi connectivity index (χ1n) is 10.5. The monoisotopic (exact) mass is 410 g/mol. The minimum Gasteiger partial charge on any atom is -0.458 e. The molecule has 0 unspecified atom stereocenters. The first-order chi connectivity index (χ1) is 14.1. The maximum atomic E-state index is 13.0. The van der Waals surface area contributed by atoms with E-state index < -0.39 is 17.6 Å². The van der Waals surface area contributed by atoms with E-state index >= 15 is 0 Å². The first kappa shape index (κ1) is 23.6. The molecule has 0 saturated carbocycles. The second-order valence-electron chi connectivity index (χ2n) is 9.01. The molecule has 5 nitrogen and oxygen atoms in total. The number of rotatable bonds is 8. The Kier molecular flexibility index (Phi) is 8.18. The molecular weight excluding hydrogens is 376 g/mol. The molecule has 30 heavy (non-hydrogen) atoms. The Bertz CT molecular complexity index is 841. The summed E-state index contributed by atoms with van der Waals surface area (Å²) in [6.45, 7) is 9.52. The molecule has 0 aliphatic rings. The molecule has 0 radical (unpaired) electrons. The number of amides is 1. The van der Waals surface area contributed by atoms with E-state index in [-0.39, 0.29) is 12.3 Å². The maximum absolute atomic E-state index is 13.0. The van der Waals surface area contributed by atoms with E-state index in [1.165, 1.54) is 0 Å². The van der Waals surface area contributed by atoms with Gasteiger partial charge in [0.25, 0.3) is 0 Å². The molecule has 0 aromatic heterocycles. The molecule has 2 rings (SSSR count). The minimum atomic E-state index is -0.895. The summed E-state index contributed by atoms with van der Waals surface area (Å²) in [5.74, 6) is 5.82. The van der Waals surface area contributed by atoms with Crippen molar-refractivity contribution in [3.05, 3.63) is 60.2 Å². The van der Waals surface area contributed by atoms with Gasteiger partial charge in [-0.05, 0) is 49.8 Å². The molecule has 0 aliphatic carbocycles. The number of nitrogens with two attached hydrogens (primary N) is 1. The summed E-state index contributed by atoms with van der Waals surface area (Å²) < 4.78 is 5.60. The number of esters is 1. The van der Waals surface area contributed by atoms with E-state index in [9.17, 15) is 9.59 Å². The van der Waals surface area contributed by atoms with Crippen LogP contribution in [0.2, 0.25) is 0 Å². The Morgan fingerprint density at radius 1 is 1.00 bits per heavy atom. The number of hydrazine groups is 1. The summed E-state index contributed by atoms with van der Waals surface area (Å²) in [5.41, 5.74) is 2.32. The van der Waals surface area contributed by atoms with Gasteiger partial charge in [0.05, 0.1) is 0 Å². The average molecular weight is 411 g/mol. The topological polar surface area (TPSA) is 72.6 Å². The molecule has 2 N–H and O–H groups in total. The number of benzene rings is 2. The lowest BCUT2D eigenvalue weighted by Gasteiger charge is -2.30. The number of hydrogen-bond donors (Lipinski definition) is 1. The lowest BCUT2D eigenvalue weighted by Crippen LogP contribution is -2.52. The Hall–Kier alpha value is -2.66. The molecule has 1 amide bonds. The zero-order valence-corrected chi connectivity index (χ0v) is 18.7. The smallest absolute Gasteiger partial charge is 0.331 e. The van der Waals surface area contributed by atoms with Crippen LogP contribution in [-0.2, 0) is 20.7 Å². The zero-order chi connectivity index (χ0) is 22.3. The number of carbonyl (C=O) groups is 2. The highest BCUT2D eigenvalue weighted by atomic mass is 16.6. The summed E-state index contributed by atoms with van der Waals surface area (Å²) in [6.07, 6.45) is 1.30. The molecule has 0 aliphatic heterocycles. The van der Waals surface area contributed by atoms with E-state index in [4.69, 9.17) is 10.6 Å². The second-order valence-corrected chi connectivity index (χ2v) is 9.01. The third-order valence-corrected chi connectivity index (χ3v) is 4.75. The third-order valence-electron chi connectivity index (χ3n) is 4.75. The SMILES string of the molecule is CC(C)CCC(=O)N(N)[C@H](Cc1ccccc1-c1ccccc1)C(=O)OC(C)(C)C. The van der Waals surface area contributed by atoms with Crippen LogP contribution in [0.4, 0.5) is 0 Å². The predicted molar refractivity (Wildman–Crippen MR) is 120 cm³/mol. The van der Waals surface area contributed by atoms with Crippen LogP contribution in [0, 0.1) is 5.92 Å². The van der Waals surface area contributed by atoms with Gasteiger partial charge in [-0.2, -0.15) is 0 Å². The summed E-state index contributed by atoms with van der Waals surface area (Å²) in [4.78, 5) is 25.7. The maximum Gasteiger partial charge on any atom is 0.331 e. The van der Waals surface area contributed by atoms with Crippen LogP contribution in [0.3, 0.4) is 0 Å². The number of carbonyl (C=O) groups excluding carboxylic acids is 2. The van der Waals surface area contributed by atoms with Crippen LogP contribution in [0.1, 0.15) is 53.0 Å². The van der Waals surface area contributed by atoms with Crippen LogP contribution in [0.15, 0.2) is 54.6 Å². The van der Waals surface area contributed by atoms with Gasteiger partial charge < -0.3 is 4.74 Å². The molecule has 5 heteroatoms. The van der Waals surface area contributed by atoms with Gasteiger partial charge in [0.15, 0.2) is 0 Å². The lowest BCUT2D eigenvalue weighted by atomic mass is 9.94. The van der Waals surface area contributed by atoms with Crippen molar-refractivity contribution in [3.8, 4) is 11.1 Å². The Morgan fingerprint density at radius 3 is 2.20 bits per heavy atom. The molecule has 0 heterocycles. The molecular formula is C25H34N2O3. The molecule has 1 atom stereocenters. The van der Waals surface area contributed by atoms with Crippen molar-refractivity contribution in [1.82, 2.24) is 5.01 Å². The van der Waals surface area contributed by atoms with E-state index in [0.29, 0.717) is 18.8 Å². The fourth-order valence-electron chi connectivity index (χ4n) is 3.19. The van der Waals surface area contributed by atoms with Crippen LogP contribution >= 0.6 is 0 Å². The van der Waals surface area contributed by atoms with Gasteiger partial charge >= 0.3 is 5.97 Å². The highest BCUT2D eigenvalue weighted by Gasteiger charge is 2.32. The van der Waals surface area contributed by atoms with E-state index in [1.807, 2.05) is 54.6 Å². The van der Waals surface area contributed by atoms with E-state index in [2.05, 4.69) is 13.8 Å². The third kappa shape index (κ3) is 6.99. The fourth-order valence-corrected chi connectivity index (χ4v) is 3.19. The summed E-state index contributed by atoms with van der Waals surface area (Å²) in [6, 6.07) is 16.9. The van der Waals surface area contributed by atoms with E-state index in [0.717, 1.165) is 21.7 Å². The summed E-state index contributed by atoms with van der Waals surface area (Å²) in [5, 5.41) is 1.07. The number of ether oxygens (including phenoxy) is 1. The van der Waals surface area contributed by atoms with Crippen molar-refractivity contribution in [2.45, 2.75) is 65.5 Å². The predicted octanol–water partition coefficient (Wildman–Crippen LogP) is 4.74. The van der Waals surface area contributed by atoms with Gasteiger partial charge in [-0.25, -0.2) is 10.6 Å². The molecule has 2 aromatic carbocycles. The first-order valence-corrected chi connectivity index (χ1v) is 10.5. The van der Waals surface area contributed by atoms with Crippen LogP contribution in [-0.4, -0.2) is 28.5 Å². The highest BCUT2D eigenvalue weighted by molar-refractivity contribution is 5.85. The Balaban J connectivity index is 2.34. The van der Waals surface area contributed by atoms with Crippen molar-refractivity contribution in [1.29, 1.82) is 0 Å². The second kappa shape index (κ2) is 10.4. The van der Waals surface area contributed by atoms with Crippen molar-refractivity contribution >= 4 is 11.9 Å². The Morgan fingerprint density at radius 2 is 1.60 bits per heavy atom. The lowest BCUT2D eigenvalue weighted by molar-refractivity contribution is -0.165. The van der Waals surface area contributed by atoms with Gasteiger partial charge in [-0.1, -0.05) is 68.4 Å². The molecule has 0 saturated heterocycles. The molecule has 0 bridgehead atoms. The van der Waals surface area contributed by atoms with Crippen LogP contribution in [0.25, 0.3) is 11.1 Å². The van der Waals surface area contributed by atoms with Gasteiger partial charge in [-0.15, -0.1) is 0 Å². The standard InChI is InChI=1S/C25H34N2O3/c1-18(2)15-16-23(28)27(26)22(24(29)30-25(3,4)5)17-20-13-9-10-14-21(20)19-11-7-6-8-12-19/h6-14,18,22H,15-17,26H2,1-5H3/t22-/m1/s1. The van der Waals surface area contributed by atoms with Crippen molar-refractivity contribution in [3.63, 3.8) is 0 Å². The fraction of sp³-hybridized carbons (Fsp3) is 0.440. The minimum absolute atomic E-state index is 0.253. The van der Waals surface area contributed by atoms with E-state index in [1.54, 1.807) is 20.8 Å². The number of hydrogen-bond acceptors (Lipinski definition) is 4. The summed E-state index contributed by atoms with van der Waals surface area (Å²) >= 11 is 0. The van der Waals surface area contributed by atoms with Crippen LogP contribution < -0.4 is 5.84 Å². The zero-order valence-electron chi connectivity index (χ0n) is 18.7. The Labute approximate surface area is 180 Å². The van der Waals surface area contributed by atoms with Gasteiger partial charge in [0.1, 0.15) is 11.6 Å². The molecule has 162 valence electrons. The normalized spacial score (nSPS) is 12.5. The molecule has 0 fully saturated rings. The van der Waals surface area contributed by atoms with Gasteiger partial charge in [0, 0.05) is 12.8 Å². The largest absolute Gasteiger partial charge is 0.458 e. The number of nitrogens with zero attached hydrogens (tertiary/aromatic N) is 1. The highest BCUT2D eigenvalue weighted by Crippen LogP contribution is 2.26. The quantitative estimate of drug-likeness (QED) is 0.295. The van der Waals surface area contributed by atoms with Crippen molar-refractivity contribution < 1.29 is 14.3 Å². The molecule has 0 spiro atoms. The van der Waals surface area contributed by atoms with Crippen LogP contribution in [0.5, 0.6) is 0 Å². The average Bonchev–Trinajstić information content (AvgIpc) is 2.69. The van der Waals surface area contributed by atoms with Crippen molar-refractivity contribution in [2.75, 3.05) is 0 Å². The summed E-state index contributed by atoms with van der Waals surface area (Å²) in [7, 11) is 0.